The van der Waals surface area contributed by atoms with Gasteiger partial charge in [0.1, 0.15) is 5.82 Å². The molecule has 0 aromatic carbocycles. The fourth-order valence-electron chi connectivity index (χ4n) is 4.74. The first-order valence-corrected chi connectivity index (χ1v) is 10.6. The third kappa shape index (κ3) is 2.98. The van der Waals surface area contributed by atoms with Crippen LogP contribution < -0.4 is 10.2 Å². The van der Waals surface area contributed by atoms with E-state index in [4.69, 9.17) is 0 Å². The number of nitrogens with one attached hydrogen (secondary N) is 1. The zero-order valence-corrected chi connectivity index (χ0v) is 17.1. The summed E-state index contributed by atoms with van der Waals surface area (Å²) in [5.74, 6) is 0.951. The maximum absolute atomic E-state index is 12.7. The number of carbonyl (C=O) groups is 1. The van der Waals surface area contributed by atoms with Crippen LogP contribution in [0.25, 0.3) is 0 Å². The number of rotatable bonds is 5. The van der Waals surface area contributed by atoms with Gasteiger partial charge in [0, 0.05) is 43.6 Å². The van der Waals surface area contributed by atoms with Gasteiger partial charge in [-0.3, -0.25) is 9.48 Å². The van der Waals surface area contributed by atoms with Gasteiger partial charge in [0.05, 0.1) is 36.4 Å². The van der Waals surface area contributed by atoms with Crippen LogP contribution in [0.2, 0.25) is 0 Å². The summed E-state index contributed by atoms with van der Waals surface area (Å²) in [7, 11) is 1.99. The van der Waals surface area contributed by atoms with Crippen molar-refractivity contribution in [3.8, 4) is 0 Å². The molecule has 4 heterocycles. The molecule has 1 saturated heterocycles. The van der Waals surface area contributed by atoms with Gasteiger partial charge in [-0.25, -0.2) is 9.97 Å². The van der Waals surface area contributed by atoms with Gasteiger partial charge in [0.25, 0.3) is 5.91 Å². The Morgan fingerprint density at radius 3 is 2.87 bits per heavy atom. The van der Waals surface area contributed by atoms with Crippen LogP contribution in [-0.4, -0.2) is 43.3 Å². The van der Waals surface area contributed by atoms with Gasteiger partial charge in [-0.2, -0.15) is 5.10 Å². The van der Waals surface area contributed by atoms with Crippen LogP contribution in [0.5, 0.6) is 0 Å². The van der Waals surface area contributed by atoms with E-state index >= 15 is 0 Å². The predicted octanol–water partition coefficient (Wildman–Crippen LogP) is 2.08. The summed E-state index contributed by atoms with van der Waals surface area (Å²) in [5, 5.41) is 7.47. The number of hydrogen-bond donors (Lipinski definition) is 1. The highest BCUT2D eigenvalue weighted by atomic mass is 16.1. The van der Waals surface area contributed by atoms with E-state index in [9.17, 15) is 4.79 Å². The maximum Gasteiger partial charge on any atom is 0.255 e. The summed E-state index contributed by atoms with van der Waals surface area (Å²) < 4.78 is 3.82. The van der Waals surface area contributed by atoms with Crippen molar-refractivity contribution in [1.82, 2.24) is 29.6 Å². The summed E-state index contributed by atoms with van der Waals surface area (Å²) in [6.45, 7) is 2.90. The lowest BCUT2D eigenvalue weighted by molar-refractivity contribution is 0.0936. The van der Waals surface area contributed by atoms with Gasteiger partial charge in [0.2, 0.25) is 0 Å². The molecular weight excluding hydrogens is 378 g/mol. The number of pyridine rings is 1. The van der Waals surface area contributed by atoms with Crippen LogP contribution in [0.3, 0.4) is 0 Å². The van der Waals surface area contributed by atoms with E-state index in [-0.39, 0.29) is 11.9 Å². The molecule has 3 aromatic heterocycles. The lowest BCUT2D eigenvalue weighted by atomic mass is 9.97. The second-order valence-electron chi connectivity index (χ2n) is 9.06. The molecule has 1 saturated carbocycles. The van der Waals surface area contributed by atoms with Gasteiger partial charge < -0.3 is 14.8 Å². The smallest absolute Gasteiger partial charge is 0.255 e. The number of anilines is 1. The normalized spacial score (nSPS) is 20.8. The molecule has 1 N–H and O–H groups in total. The highest BCUT2D eigenvalue weighted by molar-refractivity contribution is 5.94. The fraction of sp³-hybridized carbons (Fsp3) is 0.455. The van der Waals surface area contributed by atoms with Crippen LogP contribution in [0.4, 0.5) is 5.82 Å². The topological polar surface area (TPSA) is 80.9 Å². The fourth-order valence-corrected chi connectivity index (χ4v) is 4.74. The first-order chi connectivity index (χ1) is 14.6. The Kier molecular flexibility index (Phi) is 3.78. The molecule has 1 aliphatic heterocycles. The minimum atomic E-state index is -0.106. The van der Waals surface area contributed by atoms with Crippen LogP contribution >= 0.6 is 0 Å². The van der Waals surface area contributed by atoms with Gasteiger partial charge >= 0.3 is 0 Å². The molecule has 1 amide bonds. The number of hydrogen-bond acceptors (Lipinski definition) is 5. The molecule has 0 radical (unpaired) electrons. The van der Waals surface area contributed by atoms with Crippen molar-refractivity contribution in [2.45, 2.75) is 38.3 Å². The van der Waals surface area contributed by atoms with E-state index in [0.29, 0.717) is 17.5 Å². The average molecular weight is 403 g/mol. The van der Waals surface area contributed by atoms with Crippen molar-refractivity contribution in [3.05, 3.63) is 59.6 Å². The predicted molar refractivity (Wildman–Crippen MR) is 111 cm³/mol. The molecule has 2 aliphatic carbocycles. The molecule has 6 rings (SSSR count). The summed E-state index contributed by atoms with van der Waals surface area (Å²) in [5.41, 5.74) is 4.46. The van der Waals surface area contributed by atoms with Gasteiger partial charge in [0.15, 0.2) is 0 Å². The number of amides is 1. The van der Waals surface area contributed by atoms with E-state index in [0.717, 1.165) is 43.0 Å². The molecule has 3 aromatic rings. The molecule has 3 aliphatic rings. The third-order valence-corrected chi connectivity index (χ3v) is 6.78. The van der Waals surface area contributed by atoms with Crippen LogP contribution in [0, 0.1) is 5.41 Å². The molecule has 154 valence electrons. The van der Waals surface area contributed by atoms with Gasteiger partial charge in [-0.05, 0) is 37.3 Å². The molecule has 8 nitrogen and oxygen atoms in total. The van der Waals surface area contributed by atoms with E-state index in [1.54, 1.807) is 17.1 Å². The standard InChI is InChI=1S/C22H25N7O/c1-27-14-24-20-17(3-4-18(20)27)26-21(30)16-9-25-29(11-16)10-15-2-5-19(23-8-15)28-12-22(13-28)6-7-22/h2,5,8-9,11,14,17H,3-4,6-7,10,12-13H2,1H3,(H,26,30)/t17-/m1/s1. The number of imidazole rings is 1. The second-order valence-corrected chi connectivity index (χ2v) is 9.06. The van der Waals surface area contributed by atoms with Crippen LogP contribution in [0.15, 0.2) is 37.1 Å². The molecular formula is C22H25N7O. The highest BCUT2D eigenvalue weighted by Crippen LogP contribution is 2.53. The maximum atomic E-state index is 12.7. The Morgan fingerprint density at radius 1 is 1.23 bits per heavy atom. The van der Waals surface area contributed by atoms with Gasteiger partial charge in [-0.15, -0.1) is 0 Å². The third-order valence-electron chi connectivity index (χ3n) is 6.78. The number of aryl methyl sites for hydroxylation is 1. The highest BCUT2D eigenvalue weighted by Gasteiger charge is 2.52. The summed E-state index contributed by atoms with van der Waals surface area (Å²) in [4.78, 5) is 24.1. The average Bonchev–Trinajstić information content (AvgIpc) is 3.03. The SMILES string of the molecule is Cn1cnc2c1CC[C@H]2NC(=O)c1cnn(Cc2ccc(N3CC4(CC4)C3)nc2)c1. The monoisotopic (exact) mass is 403 g/mol. The Hall–Kier alpha value is -3.16. The number of nitrogens with zero attached hydrogens (tertiary/aromatic N) is 6. The quantitative estimate of drug-likeness (QED) is 0.705. The van der Waals surface area contributed by atoms with Crippen molar-refractivity contribution >= 4 is 11.7 Å². The Bertz CT molecular complexity index is 1100. The molecule has 8 heteroatoms. The number of carbonyl (C=O) groups excluding carboxylic acids is 1. The van der Waals surface area contributed by atoms with E-state index in [1.807, 2.05) is 24.1 Å². The Labute approximate surface area is 174 Å². The molecule has 2 fully saturated rings. The van der Waals surface area contributed by atoms with Crippen molar-refractivity contribution in [2.24, 2.45) is 12.5 Å². The van der Waals surface area contributed by atoms with Crippen LogP contribution in [-0.2, 0) is 20.0 Å². The molecule has 0 bridgehead atoms. The molecule has 30 heavy (non-hydrogen) atoms. The van der Waals surface area contributed by atoms with Crippen molar-refractivity contribution in [3.63, 3.8) is 0 Å². The first kappa shape index (κ1) is 17.7. The minimum Gasteiger partial charge on any atom is -0.355 e. The van der Waals surface area contributed by atoms with Crippen molar-refractivity contribution < 1.29 is 4.79 Å². The molecule has 1 spiro atoms. The minimum absolute atomic E-state index is 0.0231. The lowest BCUT2D eigenvalue weighted by Gasteiger charge is -2.40. The summed E-state index contributed by atoms with van der Waals surface area (Å²) in [6.07, 6.45) is 11.7. The Balaban J connectivity index is 1.08. The summed E-state index contributed by atoms with van der Waals surface area (Å²) in [6, 6.07) is 4.17. The van der Waals surface area contributed by atoms with Gasteiger partial charge in [-0.1, -0.05) is 6.07 Å². The van der Waals surface area contributed by atoms with E-state index < -0.39 is 0 Å². The first-order valence-electron chi connectivity index (χ1n) is 10.6. The largest absolute Gasteiger partial charge is 0.355 e. The van der Waals surface area contributed by atoms with E-state index in [1.165, 1.54) is 18.5 Å². The Morgan fingerprint density at radius 2 is 2.10 bits per heavy atom. The lowest BCUT2D eigenvalue weighted by Crippen LogP contribution is -2.48. The van der Waals surface area contributed by atoms with Crippen molar-refractivity contribution in [1.29, 1.82) is 0 Å². The van der Waals surface area contributed by atoms with Crippen LogP contribution in [0.1, 0.15) is 52.6 Å². The zero-order chi connectivity index (χ0) is 20.3. The van der Waals surface area contributed by atoms with Crippen molar-refractivity contribution in [2.75, 3.05) is 18.0 Å². The number of aromatic nitrogens is 5. The molecule has 1 atom stereocenters. The summed E-state index contributed by atoms with van der Waals surface area (Å²) >= 11 is 0. The second kappa shape index (κ2) is 6.42. The van der Waals surface area contributed by atoms with E-state index in [2.05, 4.69) is 37.4 Å². The zero-order valence-electron chi connectivity index (χ0n) is 17.1. The number of fused-ring (bicyclic) bond motifs is 1. The molecule has 0 unspecified atom stereocenters.